The van der Waals surface area contributed by atoms with Crippen LogP contribution in [-0.2, 0) is 55.8 Å². The van der Waals surface area contributed by atoms with Crippen LogP contribution < -0.4 is 21.9 Å². The molecule has 28 heteroatoms. The van der Waals surface area contributed by atoms with Crippen LogP contribution >= 0.6 is 15.6 Å². The van der Waals surface area contributed by atoms with Crippen molar-refractivity contribution in [3.63, 3.8) is 0 Å². The van der Waals surface area contributed by atoms with Gasteiger partial charge in [-0.15, -0.1) is 0 Å². The molecule has 2 aliphatic rings. The summed E-state index contributed by atoms with van der Waals surface area (Å²) in [5.41, 5.74) is -1.81. The minimum atomic E-state index is -5.78. The molecule has 0 aromatic carbocycles. The fourth-order valence-corrected chi connectivity index (χ4v) is 7.04. The number of carbonyl (C=O) groups is 3. The highest BCUT2D eigenvalue weighted by Crippen LogP contribution is 2.61. The zero-order valence-electron chi connectivity index (χ0n) is 28.2. The number of hydrogen-bond acceptors (Lipinski definition) is 19. The number of aliphatic hydroxyl groups is 5. The van der Waals surface area contributed by atoms with Gasteiger partial charge in [-0.3, -0.25) is 33.0 Å². The molecular weight excluding hydrogens is 782 g/mol. The van der Waals surface area contributed by atoms with Crippen molar-refractivity contribution in [2.24, 2.45) is 0 Å². The van der Waals surface area contributed by atoms with Crippen LogP contribution in [0.1, 0.15) is 25.5 Å². The fourth-order valence-electron chi connectivity index (χ4n) is 4.88. The van der Waals surface area contributed by atoms with E-state index in [9.17, 15) is 73.5 Å². The van der Waals surface area contributed by atoms with Gasteiger partial charge < -0.3 is 70.0 Å². The molecule has 0 radical (unpaired) electrons. The van der Waals surface area contributed by atoms with E-state index in [1.807, 2.05) is 4.98 Å². The van der Waals surface area contributed by atoms with Gasteiger partial charge in [0.1, 0.15) is 48.8 Å². The first-order valence-electron chi connectivity index (χ1n) is 15.8. The number of methoxy groups -OCH3 is 1. The molecule has 2 aliphatic heterocycles. The maximum atomic E-state index is 12.6. The van der Waals surface area contributed by atoms with Crippen molar-refractivity contribution in [1.82, 2.24) is 20.2 Å². The predicted molar refractivity (Wildman–Crippen MR) is 171 cm³/mol. The van der Waals surface area contributed by atoms with E-state index in [0.717, 1.165) is 12.3 Å². The van der Waals surface area contributed by atoms with Crippen molar-refractivity contribution in [3.05, 3.63) is 33.1 Å². The van der Waals surface area contributed by atoms with Crippen molar-refractivity contribution >= 4 is 33.4 Å². The fraction of sp³-hybridized carbons (Fsp3) is 0.731. The monoisotopic (exact) mass is 824 g/mol. The number of rotatable bonds is 21. The number of nitrogens with zero attached hydrogens (tertiary/aromatic N) is 1. The molecule has 0 saturated carbocycles. The number of H-pyrrole nitrogens is 1. The van der Waals surface area contributed by atoms with Crippen LogP contribution in [0, 0.1) is 0 Å². The van der Waals surface area contributed by atoms with Crippen LogP contribution in [0.4, 0.5) is 0 Å². The Morgan fingerprint density at radius 1 is 0.907 bits per heavy atom. The van der Waals surface area contributed by atoms with Gasteiger partial charge in [0.05, 0.1) is 26.4 Å². The first kappa shape index (κ1) is 45.4. The van der Waals surface area contributed by atoms with E-state index in [4.69, 9.17) is 18.9 Å². The molecule has 54 heavy (non-hydrogen) atoms. The number of carboxylic acid groups (broad SMARTS) is 1. The molecule has 2 amide bonds. The average Bonchev–Trinajstić information content (AvgIpc) is 3.36. The Morgan fingerprint density at radius 3 is 2.24 bits per heavy atom. The van der Waals surface area contributed by atoms with Gasteiger partial charge >= 0.3 is 27.3 Å². The number of phosphoric ester groups is 2. The molecule has 0 bridgehead atoms. The number of aromatic nitrogens is 2. The minimum absolute atomic E-state index is 0.0122. The van der Waals surface area contributed by atoms with E-state index in [2.05, 4.69) is 24.0 Å². The zero-order chi connectivity index (χ0) is 40.4. The third-order valence-electron chi connectivity index (χ3n) is 7.68. The molecule has 12 atom stereocenters. The number of phosphoric acid groups is 2. The standard InChI is InChI=1S/C26H42N4O22P2/c1-46-8-9-47-7-5-17(33)28-12(24(39)40)2-3-15(31)27-10-13-18(34)20(36)22(38)25(50-13)51-54(44,45)52-53(42,43)48-11-14-19(35)21(37)23(49-14)30-6-4-16(32)29-26(30)41/h4,6,12-14,18-23,25,34-38H,2-3,5,7-11H2,1H3,(H,27,31)(H,28,33)(H,39,40)(H,42,43)(H,44,45)(H,29,32,41)/t12?,13?,14-,18+,19+,20+,21?,22?,23-,25+/m1/s1. The number of hydrogen-bond donors (Lipinski definition) is 11. The van der Waals surface area contributed by atoms with Gasteiger partial charge in [0, 0.05) is 38.8 Å². The summed E-state index contributed by atoms with van der Waals surface area (Å²) in [5, 5.41) is 65.3. The molecule has 11 N–H and O–H groups in total. The normalized spacial score (nSPS) is 29.8. The molecule has 0 spiro atoms. The van der Waals surface area contributed by atoms with Gasteiger partial charge in [-0.05, 0) is 6.42 Å². The SMILES string of the molecule is COCCOCCC(=O)NC(CCC(=O)NCC1O[C@@H](OP(=O)(O)OP(=O)(O)OC[C@H]2O[C@@H](n3ccc(=O)[nH]c3=O)C(O)[C@H]2O)C(O)[C@@H](O)[C@H]1O)C(=O)O. The summed E-state index contributed by atoms with van der Waals surface area (Å²) in [5.74, 6) is -2.93. The Kier molecular flexibility index (Phi) is 17.0. The maximum Gasteiger partial charge on any atom is 0.483 e. The summed E-state index contributed by atoms with van der Waals surface area (Å²) in [6, 6.07) is -0.561. The first-order valence-corrected chi connectivity index (χ1v) is 18.8. The largest absolute Gasteiger partial charge is 0.483 e. The minimum Gasteiger partial charge on any atom is -0.480 e. The molecule has 1 aromatic heterocycles. The number of ether oxygens (including phenoxy) is 4. The Bertz CT molecular complexity index is 1640. The number of carboxylic acids is 1. The van der Waals surface area contributed by atoms with E-state index >= 15 is 0 Å². The summed E-state index contributed by atoms with van der Waals surface area (Å²) in [6.45, 7) is -1.26. The number of carbonyl (C=O) groups excluding carboxylic acids is 2. The molecule has 0 aliphatic carbocycles. The Balaban J connectivity index is 1.51. The molecule has 308 valence electrons. The molecule has 26 nitrogen and oxygen atoms in total. The molecule has 2 fully saturated rings. The second kappa shape index (κ2) is 20.2. The van der Waals surface area contributed by atoms with Crippen LogP contribution in [0.3, 0.4) is 0 Å². The number of amides is 2. The van der Waals surface area contributed by atoms with Gasteiger partial charge in [-0.1, -0.05) is 0 Å². The van der Waals surface area contributed by atoms with Crippen LogP contribution in [0.15, 0.2) is 21.9 Å². The van der Waals surface area contributed by atoms with Gasteiger partial charge in [-0.25, -0.2) is 18.7 Å². The topological polar surface area (TPSA) is 391 Å². The Labute approximate surface area is 303 Å². The van der Waals surface area contributed by atoms with E-state index in [1.165, 1.54) is 7.11 Å². The maximum absolute atomic E-state index is 12.6. The molecule has 3 heterocycles. The molecule has 6 unspecified atom stereocenters. The van der Waals surface area contributed by atoms with Crippen LogP contribution in [0.2, 0.25) is 0 Å². The first-order chi connectivity index (χ1) is 25.2. The number of nitrogens with one attached hydrogen (secondary N) is 3. The molecular formula is C26H42N4O22P2. The van der Waals surface area contributed by atoms with Crippen molar-refractivity contribution in [1.29, 1.82) is 0 Å². The Hall–Kier alpha value is -3.01. The number of aliphatic carboxylic acids is 1. The van der Waals surface area contributed by atoms with Crippen LogP contribution in [0.25, 0.3) is 0 Å². The van der Waals surface area contributed by atoms with Gasteiger partial charge in [0.2, 0.25) is 11.8 Å². The highest BCUT2D eigenvalue weighted by molar-refractivity contribution is 7.61. The lowest BCUT2D eigenvalue weighted by molar-refractivity contribution is -0.273. The molecule has 3 rings (SSSR count). The highest BCUT2D eigenvalue weighted by atomic mass is 31.3. The summed E-state index contributed by atoms with van der Waals surface area (Å²) >= 11 is 0. The van der Waals surface area contributed by atoms with Gasteiger partial charge in [-0.2, -0.15) is 4.31 Å². The summed E-state index contributed by atoms with van der Waals surface area (Å²) in [4.78, 5) is 81.4. The van der Waals surface area contributed by atoms with E-state index < -0.39 is 126 Å². The Morgan fingerprint density at radius 2 is 1.59 bits per heavy atom. The lowest BCUT2D eigenvalue weighted by atomic mass is 9.99. The second-order valence-electron chi connectivity index (χ2n) is 11.7. The van der Waals surface area contributed by atoms with Gasteiger partial charge in [0.15, 0.2) is 12.5 Å². The van der Waals surface area contributed by atoms with E-state index in [-0.39, 0.29) is 32.7 Å². The molecule has 1 aromatic rings. The summed E-state index contributed by atoms with van der Waals surface area (Å²) in [7, 11) is -9.96. The van der Waals surface area contributed by atoms with Crippen LogP contribution in [0.5, 0.6) is 0 Å². The van der Waals surface area contributed by atoms with Crippen molar-refractivity contribution < 1.29 is 96.2 Å². The van der Waals surface area contributed by atoms with E-state index in [1.54, 1.807) is 0 Å². The molecule has 2 saturated heterocycles. The van der Waals surface area contributed by atoms with Crippen LogP contribution in [-0.4, -0.2) is 163 Å². The average molecular weight is 825 g/mol. The van der Waals surface area contributed by atoms with Gasteiger partial charge in [0.25, 0.3) is 5.56 Å². The number of aromatic amines is 1. The summed E-state index contributed by atoms with van der Waals surface area (Å²) < 4.78 is 59.5. The smallest absolute Gasteiger partial charge is 0.480 e. The van der Waals surface area contributed by atoms with Crippen molar-refractivity contribution in [3.8, 4) is 0 Å². The third-order valence-corrected chi connectivity index (χ3v) is 10.3. The van der Waals surface area contributed by atoms with E-state index in [0.29, 0.717) is 4.57 Å². The lowest BCUT2D eigenvalue weighted by Gasteiger charge is -2.40. The summed E-state index contributed by atoms with van der Waals surface area (Å²) in [6.07, 6.45) is -17.4. The van der Waals surface area contributed by atoms with Crippen molar-refractivity contribution in [2.45, 2.75) is 80.5 Å². The zero-order valence-corrected chi connectivity index (χ0v) is 30.0. The third kappa shape index (κ3) is 13.3. The number of aliphatic hydroxyl groups excluding tert-OH is 5. The van der Waals surface area contributed by atoms with Crippen molar-refractivity contribution in [2.75, 3.05) is 40.1 Å². The second-order valence-corrected chi connectivity index (χ2v) is 14.7. The quantitative estimate of drug-likeness (QED) is 0.0407. The lowest BCUT2D eigenvalue weighted by Crippen LogP contribution is -2.60. The predicted octanol–water partition coefficient (Wildman–Crippen LogP) is -5.27. The highest BCUT2D eigenvalue weighted by Gasteiger charge is 2.50.